The van der Waals surface area contributed by atoms with Crippen LogP contribution in [0.2, 0.25) is 0 Å². The molecule has 1 saturated heterocycles. The molecule has 1 N–H and O–H groups in total. The van der Waals surface area contributed by atoms with Gasteiger partial charge < -0.3 is 10.1 Å². The lowest BCUT2D eigenvalue weighted by molar-refractivity contribution is -0.104. The van der Waals surface area contributed by atoms with Gasteiger partial charge in [-0.1, -0.05) is 18.9 Å². The molecule has 1 saturated carbocycles. The standard InChI is InChI=1S/C20H27N3OS/c1-4-10-23-18(5-1)19(8-11-21-13-17-14-22-16-25-17)9-12-24-20(15-19)6-2-3-7-20/h1,4-5,10,14,16,21H,2-3,6-9,11-13,15H2/t19-/m1/s1. The zero-order valence-corrected chi connectivity index (χ0v) is 15.6. The number of nitrogens with zero attached hydrogens (tertiary/aromatic N) is 2. The van der Waals surface area contributed by atoms with Gasteiger partial charge in [0.05, 0.1) is 11.1 Å². The molecule has 1 aliphatic heterocycles. The number of rotatable bonds is 6. The van der Waals surface area contributed by atoms with E-state index in [1.54, 1.807) is 11.3 Å². The lowest BCUT2D eigenvalue weighted by Gasteiger charge is -2.46. The van der Waals surface area contributed by atoms with Crippen LogP contribution >= 0.6 is 11.3 Å². The topological polar surface area (TPSA) is 47.0 Å². The monoisotopic (exact) mass is 357 g/mol. The van der Waals surface area contributed by atoms with Crippen molar-refractivity contribution < 1.29 is 4.74 Å². The van der Waals surface area contributed by atoms with Gasteiger partial charge in [-0.2, -0.15) is 0 Å². The summed E-state index contributed by atoms with van der Waals surface area (Å²) in [6, 6.07) is 6.37. The van der Waals surface area contributed by atoms with Crippen LogP contribution in [0.25, 0.3) is 0 Å². The molecule has 134 valence electrons. The third kappa shape index (κ3) is 3.78. The van der Waals surface area contributed by atoms with Crippen molar-refractivity contribution in [2.45, 2.75) is 62.5 Å². The maximum atomic E-state index is 6.31. The Morgan fingerprint density at radius 3 is 2.88 bits per heavy atom. The second-order valence-electron chi connectivity index (χ2n) is 7.56. The Labute approximate surface area is 154 Å². The van der Waals surface area contributed by atoms with Crippen molar-refractivity contribution in [2.24, 2.45) is 0 Å². The highest BCUT2D eigenvalue weighted by Gasteiger charge is 2.48. The number of hydrogen-bond donors (Lipinski definition) is 1. The van der Waals surface area contributed by atoms with Gasteiger partial charge in [0.2, 0.25) is 0 Å². The van der Waals surface area contributed by atoms with Crippen molar-refractivity contribution in [1.29, 1.82) is 0 Å². The first kappa shape index (κ1) is 17.1. The van der Waals surface area contributed by atoms with Crippen LogP contribution in [-0.4, -0.2) is 28.7 Å². The van der Waals surface area contributed by atoms with Gasteiger partial charge in [-0.15, -0.1) is 11.3 Å². The predicted octanol–water partition coefficient (Wildman–Crippen LogP) is 4.08. The molecule has 0 bridgehead atoms. The first-order chi connectivity index (χ1) is 12.3. The van der Waals surface area contributed by atoms with Crippen molar-refractivity contribution in [3.8, 4) is 0 Å². The summed E-state index contributed by atoms with van der Waals surface area (Å²) in [5.41, 5.74) is 3.40. The Bertz CT molecular complexity index is 655. The molecule has 4 rings (SSSR count). The quantitative estimate of drug-likeness (QED) is 0.792. The van der Waals surface area contributed by atoms with Crippen LogP contribution < -0.4 is 5.32 Å². The van der Waals surface area contributed by atoms with Gasteiger partial charge in [0, 0.05) is 41.5 Å². The van der Waals surface area contributed by atoms with E-state index in [-0.39, 0.29) is 11.0 Å². The number of ether oxygens (including phenoxy) is 1. The number of pyridine rings is 1. The molecule has 0 radical (unpaired) electrons. The van der Waals surface area contributed by atoms with Gasteiger partial charge in [-0.3, -0.25) is 9.97 Å². The fourth-order valence-corrected chi connectivity index (χ4v) is 5.23. The molecular weight excluding hydrogens is 330 g/mol. The minimum Gasteiger partial charge on any atom is -0.375 e. The average Bonchev–Trinajstić information content (AvgIpc) is 3.32. The average molecular weight is 358 g/mol. The Morgan fingerprint density at radius 1 is 1.20 bits per heavy atom. The summed E-state index contributed by atoms with van der Waals surface area (Å²) < 4.78 is 6.31. The molecule has 3 heterocycles. The maximum Gasteiger partial charge on any atom is 0.0794 e. The third-order valence-electron chi connectivity index (χ3n) is 5.94. The van der Waals surface area contributed by atoms with Gasteiger partial charge in [0.25, 0.3) is 0 Å². The highest BCUT2D eigenvalue weighted by atomic mass is 32.1. The third-order valence-corrected chi connectivity index (χ3v) is 6.72. The van der Waals surface area contributed by atoms with Crippen LogP contribution in [-0.2, 0) is 16.7 Å². The summed E-state index contributed by atoms with van der Waals surface area (Å²) in [7, 11) is 0. The summed E-state index contributed by atoms with van der Waals surface area (Å²) in [5, 5.41) is 3.61. The number of nitrogens with one attached hydrogen (secondary N) is 1. The van der Waals surface area contributed by atoms with E-state index in [2.05, 4.69) is 22.4 Å². The molecule has 5 heteroatoms. The van der Waals surface area contributed by atoms with Gasteiger partial charge >= 0.3 is 0 Å². The van der Waals surface area contributed by atoms with E-state index in [1.807, 2.05) is 24.0 Å². The summed E-state index contributed by atoms with van der Waals surface area (Å²) >= 11 is 1.71. The largest absolute Gasteiger partial charge is 0.375 e. The van der Waals surface area contributed by atoms with Crippen LogP contribution in [0.1, 0.15) is 55.5 Å². The molecule has 1 spiro atoms. The maximum absolute atomic E-state index is 6.31. The number of thiazole rings is 1. The highest BCUT2D eigenvalue weighted by molar-refractivity contribution is 7.09. The van der Waals surface area contributed by atoms with Crippen LogP contribution in [0, 0.1) is 0 Å². The lowest BCUT2D eigenvalue weighted by Crippen LogP contribution is -2.47. The molecule has 1 aliphatic carbocycles. The lowest BCUT2D eigenvalue weighted by atomic mass is 9.68. The Morgan fingerprint density at radius 2 is 2.12 bits per heavy atom. The minimum atomic E-state index is 0.105. The minimum absolute atomic E-state index is 0.105. The van der Waals surface area contributed by atoms with Crippen molar-refractivity contribution in [3.63, 3.8) is 0 Å². The Balaban J connectivity index is 1.48. The Hall–Kier alpha value is -1.30. The highest BCUT2D eigenvalue weighted by Crippen LogP contribution is 2.49. The van der Waals surface area contributed by atoms with E-state index in [9.17, 15) is 0 Å². The zero-order chi connectivity index (χ0) is 17.0. The van der Waals surface area contributed by atoms with E-state index in [1.165, 1.54) is 36.3 Å². The molecular formula is C20H27N3OS. The molecule has 0 unspecified atom stereocenters. The van der Waals surface area contributed by atoms with Gasteiger partial charge in [-0.25, -0.2) is 0 Å². The van der Waals surface area contributed by atoms with E-state index in [0.717, 1.165) is 39.0 Å². The number of hydrogen-bond acceptors (Lipinski definition) is 5. The fraction of sp³-hybridized carbons (Fsp3) is 0.600. The predicted molar refractivity (Wildman–Crippen MR) is 101 cm³/mol. The summed E-state index contributed by atoms with van der Waals surface area (Å²) in [6.45, 7) is 2.78. The van der Waals surface area contributed by atoms with E-state index < -0.39 is 0 Å². The van der Waals surface area contributed by atoms with Gasteiger partial charge in [0.1, 0.15) is 0 Å². The molecule has 2 aromatic rings. The van der Waals surface area contributed by atoms with Crippen molar-refractivity contribution in [2.75, 3.05) is 13.2 Å². The molecule has 0 amide bonds. The fourth-order valence-electron chi connectivity index (χ4n) is 4.66. The SMILES string of the molecule is c1ccc([C@]2(CCNCc3cncs3)CCOC3(CCCC3)C2)nc1. The second kappa shape index (κ2) is 7.52. The summed E-state index contributed by atoms with van der Waals surface area (Å²) in [5.74, 6) is 0. The Kier molecular flexibility index (Phi) is 5.15. The van der Waals surface area contributed by atoms with Crippen LogP contribution in [0.4, 0.5) is 0 Å². The van der Waals surface area contributed by atoms with E-state index in [0.29, 0.717) is 0 Å². The van der Waals surface area contributed by atoms with E-state index in [4.69, 9.17) is 9.72 Å². The molecule has 2 aliphatic rings. The summed E-state index contributed by atoms with van der Waals surface area (Å²) in [6.07, 6.45) is 12.3. The molecule has 2 aromatic heterocycles. The zero-order valence-electron chi connectivity index (χ0n) is 14.7. The molecule has 4 nitrogen and oxygen atoms in total. The molecule has 25 heavy (non-hydrogen) atoms. The molecule has 2 fully saturated rings. The van der Waals surface area contributed by atoms with Gasteiger partial charge in [0.15, 0.2) is 0 Å². The normalized spacial score (nSPS) is 25.4. The smallest absolute Gasteiger partial charge is 0.0794 e. The van der Waals surface area contributed by atoms with E-state index >= 15 is 0 Å². The van der Waals surface area contributed by atoms with Gasteiger partial charge in [-0.05, 0) is 50.8 Å². The number of aromatic nitrogens is 2. The first-order valence-corrected chi connectivity index (χ1v) is 10.3. The molecule has 0 aromatic carbocycles. The van der Waals surface area contributed by atoms with Crippen molar-refractivity contribution in [3.05, 3.63) is 46.7 Å². The second-order valence-corrected chi connectivity index (χ2v) is 8.53. The van der Waals surface area contributed by atoms with Crippen LogP contribution in [0.15, 0.2) is 36.1 Å². The summed E-state index contributed by atoms with van der Waals surface area (Å²) in [4.78, 5) is 10.2. The molecule has 1 atom stereocenters. The van der Waals surface area contributed by atoms with Crippen molar-refractivity contribution >= 4 is 11.3 Å². The van der Waals surface area contributed by atoms with Crippen LogP contribution in [0.5, 0.6) is 0 Å². The first-order valence-electron chi connectivity index (χ1n) is 9.44. The van der Waals surface area contributed by atoms with Crippen molar-refractivity contribution in [1.82, 2.24) is 15.3 Å². The van der Waals surface area contributed by atoms with Crippen LogP contribution in [0.3, 0.4) is 0 Å².